The SMILES string of the molecule is CNC(=O)C(CO)NC(=O)C(C)Oc1ccccc1F. The van der Waals surface area contributed by atoms with Gasteiger partial charge in [0.05, 0.1) is 6.61 Å². The molecule has 2 atom stereocenters. The molecule has 0 bridgehead atoms. The number of hydrogen-bond donors (Lipinski definition) is 3. The molecule has 1 aromatic rings. The van der Waals surface area contributed by atoms with Crippen LogP contribution >= 0.6 is 0 Å². The van der Waals surface area contributed by atoms with Crippen molar-refractivity contribution in [2.75, 3.05) is 13.7 Å². The van der Waals surface area contributed by atoms with Crippen LogP contribution in [-0.2, 0) is 9.59 Å². The maximum absolute atomic E-state index is 13.4. The molecule has 20 heavy (non-hydrogen) atoms. The molecule has 0 aliphatic heterocycles. The minimum Gasteiger partial charge on any atom is -0.478 e. The van der Waals surface area contributed by atoms with E-state index in [2.05, 4.69) is 10.6 Å². The van der Waals surface area contributed by atoms with Crippen LogP contribution in [0.5, 0.6) is 5.75 Å². The number of likely N-dealkylation sites (N-methyl/N-ethyl adjacent to an activating group) is 1. The number of hydrogen-bond acceptors (Lipinski definition) is 4. The topological polar surface area (TPSA) is 87.7 Å². The van der Waals surface area contributed by atoms with Crippen LogP contribution in [-0.4, -0.2) is 42.7 Å². The number of aliphatic hydroxyl groups excluding tert-OH is 1. The second kappa shape index (κ2) is 7.44. The fourth-order valence-electron chi connectivity index (χ4n) is 1.44. The van der Waals surface area contributed by atoms with E-state index in [0.29, 0.717) is 0 Å². The summed E-state index contributed by atoms with van der Waals surface area (Å²) in [4.78, 5) is 23.1. The molecule has 1 aromatic carbocycles. The van der Waals surface area contributed by atoms with Crippen LogP contribution in [0.15, 0.2) is 24.3 Å². The van der Waals surface area contributed by atoms with Crippen LogP contribution < -0.4 is 15.4 Å². The summed E-state index contributed by atoms with van der Waals surface area (Å²) in [5, 5.41) is 13.6. The van der Waals surface area contributed by atoms with E-state index in [1.54, 1.807) is 6.07 Å². The van der Waals surface area contributed by atoms with Gasteiger partial charge >= 0.3 is 0 Å². The van der Waals surface area contributed by atoms with E-state index in [0.717, 1.165) is 0 Å². The van der Waals surface area contributed by atoms with Crippen LogP contribution in [0.2, 0.25) is 0 Å². The van der Waals surface area contributed by atoms with Gasteiger partial charge in [-0.05, 0) is 19.1 Å². The van der Waals surface area contributed by atoms with Gasteiger partial charge in [-0.1, -0.05) is 12.1 Å². The van der Waals surface area contributed by atoms with Crippen molar-refractivity contribution in [3.8, 4) is 5.75 Å². The van der Waals surface area contributed by atoms with Crippen molar-refractivity contribution in [2.24, 2.45) is 0 Å². The molecule has 2 amide bonds. The lowest BCUT2D eigenvalue weighted by Crippen LogP contribution is -2.51. The normalized spacial score (nSPS) is 13.2. The van der Waals surface area contributed by atoms with Gasteiger partial charge in [0, 0.05) is 7.05 Å². The third-order valence-electron chi connectivity index (χ3n) is 2.57. The van der Waals surface area contributed by atoms with Crippen molar-refractivity contribution in [3.63, 3.8) is 0 Å². The number of carbonyl (C=O) groups is 2. The quantitative estimate of drug-likeness (QED) is 0.676. The lowest BCUT2D eigenvalue weighted by Gasteiger charge is -2.19. The van der Waals surface area contributed by atoms with Crippen LogP contribution in [0.4, 0.5) is 4.39 Å². The number of rotatable bonds is 6. The summed E-state index contributed by atoms with van der Waals surface area (Å²) < 4.78 is 18.5. The third-order valence-corrected chi connectivity index (χ3v) is 2.57. The van der Waals surface area contributed by atoms with E-state index in [1.807, 2.05) is 0 Å². The van der Waals surface area contributed by atoms with E-state index in [4.69, 9.17) is 9.84 Å². The Kier molecular flexibility index (Phi) is 5.92. The molecule has 0 aliphatic carbocycles. The smallest absolute Gasteiger partial charge is 0.261 e. The molecule has 0 heterocycles. The highest BCUT2D eigenvalue weighted by Crippen LogP contribution is 2.16. The average molecular weight is 284 g/mol. The number of benzene rings is 1. The maximum atomic E-state index is 13.4. The van der Waals surface area contributed by atoms with Gasteiger partial charge in [-0.25, -0.2) is 4.39 Å². The van der Waals surface area contributed by atoms with Gasteiger partial charge < -0.3 is 20.5 Å². The molecule has 0 fully saturated rings. The number of para-hydroxylation sites is 1. The monoisotopic (exact) mass is 284 g/mol. The average Bonchev–Trinajstić information content (AvgIpc) is 2.45. The van der Waals surface area contributed by atoms with Crippen molar-refractivity contribution in [1.29, 1.82) is 0 Å². The van der Waals surface area contributed by atoms with Crippen molar-refractivity contribution < 1.29 is 23.8 Å². The zero-order valence-electron chi connectivity index (χ0n) is 11.2. The fraction of sp³-hybridized carbons (Fsp3) is 0.385. The number of halogens is 1. The number of amides is 2. The van der Waals surface area contributed by atoms with Crippen LogP contribution in [0.25, 0.3) is 0 Å². The highest BCUT2D eigenvalue weighted by Gasteiger charge is 2.23. The molecule has 0 saturated heterocycles. The Morgan fingerprint density at radius 3 is 2.55 bits per heavy atom. The minimum atomic E-state index is -1.07. The predicted octanol–water partition coefficient (Wildman–Crippen LogP) is -0.184. The van der Waals surface area contributed by atoms with Crippen molar-refractivity contribution >= 4 is 11.8 Å². The summed E-state index contributed by atoms with van der Waals surface area (Å²) in [5.74, 6) is -1.80. The lowest BCUT2D eigenvalue weighted by atomic mass is 10.2. The van der Waals surface area contributed by atoms with Crippen molar-refractivity contribution in [2.45, 2.75) is 19.1 Å². The van der Waals surface area contributed by atoms with E-state index in [1.165, 1.54) is 32.2 Å². The Morgan fingerprint density at radius 2 is 2.00 bits per heavy atom. The predicted molar refractivity (Wildman–Crippen MR) is 69.6 cm³/mol. The second-order valence-corrected chi connectivity index (χ2v) is 4.05. The van der Waals surface area contributed by atoms with Gasteiger partial charge in [-0.15, -0.1) is 0 Å². The molecule has 0 aromatic heterocycles. The largest absolute Gasteiger partial charge is 0.478 e. The van der Waals surface area contributed by atoms with E-state index in [-0.39, 0.29) is 5.75 Å². The molecule has 0 radical (unpaired) electrons. The maximum Gasteiger partial charge on any atom is 0.261 e. The minimum absolute atomic E-state index is 0.0596. The Bertz CT molecular complexity index is 481. The molecule has 3 N–H and O–H groups in total. The van der Waals surface area contributed by atoms with Crippen LogP contribution in [0, 0.1) is 5.82 Å². The van der Waals surface area contributed by atoms with Gasteiger partial charge in [0.2, 0.25) is 5.91 Å². The Balaban J connectivity index is 2.63. The summed E-state index contributed by atoms with van der Waals surface area (Å²) in [7, 11) is 1.39. The van der Waals surface area contributed by atoms with Crippen LogP contribution in [0.1, 0.15) is 6.92 Å². The second-order valence-electron chi connectivity index (χ2n) is 4.05. The number of nitrogens with one attached hydrogen (secondary N) is 2. The Morgan fingerprint density at radius 1 is 1.35 bits per heavy atom. The standard InChI is InChI=1S/C13H17FN2O4/c1-8(20-11-6-4-3-5-9(11)14)12(18)16-10(7-17)13(19)15-2/h3-6,8,10,17H,7H2,1-2H3,(H,15,19)(H,16,18). The van der Waals surface area contributed by atoms with Gasteiger partial charge in [-0.3, -0.25) is 9.59 Å². The summed E-state index contributed by atoms with van der Waals surface area (Å²) in [5.41, 5.74) is 0. The number of carbonyl (C=O) groups excluding carboxylic acids is 2. The molecule has 1 rings (SSSR count). The zero-order valence-corrected chi connectivity index (χ0v) is 11.2. The molecular formula is C13H17FN2O4. The summed E-state index contributed by atoms with van der Waals surface area (Å²) >= 11 is 0. The fourth-order valence-corrected chi connectivity index (χ4v) is 1.44. The Hall–Kier alpha value is -2.15. The summed E-state index contributed by atoms with van der Waals surface area (Å²) in [6, 6.07) is 4.60. The zero-order chi connectivity index (χ0) is 15.1. The summed E-state index contributed by atoms with van der Waals surface area (Å²) in [6.45, 7) is 0.873. The Labute approximate surface area is 115 Å². The van der Waals surface area contributed by atoms with E-state index < -0.39 is 36.4 Å². The summed E-state index contributed by atoms with van der Waals surface area (Å²) in [6.07, 6.45) is -1.01. The number of aliphatic hydroxyl groups is 1. The lowest BCUT2D eigenvalue weighted by molar-refractivity contribution is -0.133. The first kappa shape index (κ1) is 15.9. The molecule has 110 valence electrons. The first-order valence-electron chi connectivity index (χ1n) is 6.03. The number of ether oxygens (including phenoxy) is 1. The first-order valence-corrected chi connectivity index (χ1v) is 6.03. The third kappa shape index (κ3) is 4.20. The van der Waals surface area contributed by atoms with Crippen LogP contribution in [0.3, 0.4) is 0 Å². The van der Waals surface area contributed by atoms with E-state index in [9.17, 15) is 14.0 Å². The van der Waals surface area contributed by atoms with Gasteiger partial charge in [-0.2, -0.15) is 0 Å². The molecule has 0 spiro atoms. The van der Waals surface area contributed by atoms with Crippen molar-refractivity contribution in [1.82, 2.24) is 10.6 Å². The molecule has 0 saturated carbocycles. The molecule has 0 aliphatic rings. The first-order chi connectivity index (χ1) is 9.49. The van der Waals surface area contributed by atoms with Gasteiger partial charge in [0.15, 0.2) is 17.7 Å². The van der Waals surface area contributed by atoms with Crippen molar-refractivity contribution in [3.05, 3.63) is 30.1 Å². The van der Waals surface area contributed by atoms with E-state index >= 15 is 0 Å². The molecule has 6 nitrogen and oxygen atoms in total. The van der Waals surface area contributed by atoms with Gasteiger partial charge in [0.25, 0.3) is 5.91 Å². The molecule has 2 unspecified atom stereocenters. The molecular weight excluding hydrogens is 267 g/mol. The highest BCUT2D eigenvalue weighted by molar-refractivity contribution is 5.89. The molecule has 7 heteroatoms. The van der Waals surface area contributed by atoms with Gasteiger partial charge in [0.1, 0.15) is 6.04 Å². The highest BCUT2D eigenvalue weighted by atomic mass is 19.1.